The molecule has 0 saturated heterocycles. The van der Waals surface area contributed by atoms with Gasteiger partial charge in [-0.2, -0.15) is 0 Å². The van der Waals surface area contributed by atoms with Crippen LogP contribution in [0.1, 0.15) is 30.9 Å². The molecular weight excluding hydrogens is 288 g/mol. The van der Waals surface area contributed by atoms with Crippen molar-refractivity contribution in [3.05, 3.63) is 42.0 Å². The molecule has 2 aliphatic rings. The lowest BCUT2D eigenvalue weighted by molar-refractivity contribution is 0.235. The van der Waals surface area contributed by atoms with Gasteiger partial charge < -0.3 is 10.6 Å². The predicted molar refractivity (Wildman–Crippen MR) is 79.7 cm³/mol. The summed E-state index contributed by atoms with van der Waals surface area (Å²) < 4.78 is 24.1. The van der Waals surface area contributed by atoms with Crippen LogP contribution >= 0.6 is 0 Å². The highest BCUT2D eigenvalue weighted by molar-refractivity contribution is 7.91. The lowest BCUT2D eigenvalue weighted by Gasteiger charge is -2.20. The van der Waals surface area contributed by atoms with Gasteiger partial charge in [0.15, 0.2) is 9.84 Å². The Balaban J connectivity index is 1.70. The molecule has 1 aliphatic carbocycles. The predicted octanol–water partition coefficient (Wildman–Crippen LogP) is 1.92. The van der Waals surface area contributed by atoms with Crippen molar-refractivity contribution in [1.29, 1.82) is 0 Å². The Morgan fingerprint density at radius 3 is 2.76 bits per heavy atom. The van der Waals surface area contributed by atoms with Crippen LogP contribution in [0.15, 0.2) is 41.3 Å². The topological polar surface area (TPSA) is 75.3 Å². The van der Waals surface area contributed by atoms with E-state index in [1.165, 1.54) is 0 Å². The van der Waals surface area contributed by atoms with E-state index in [4.69, 9.17) is 0 Å². The van der Waals surface area contributed by atoms with Crippen LogP contribution in [0.4, 0.5) is 4.79 Å². The minimum atomic E-state index is -3.29. The summed E-state index contributed by atoms with van der Waals surface area (Å²) in [5.41, 5.74) is 0.673. The Kier molecular flexibility index (Phi) is 3.71. The highest BCUT2D eigenvalue weighted by atomic mass is 32.2. The normalized spacial score (nSPS) is 26.1. The van der Waals surface area contributed by atoms with Crippen LogP contribution in [0.25, 0.3) is 0 Å². The number of fused-ring (bicyclic) bond motifs is 1. The Hall–Kier alpha value is -1.82. The quantitative estimate of drug-likeness (QED) is 0.820. The van der Waals surface area contributed by atoms with Crippen molar-refractivity contribution in [2.75, 3.05) is 5.75 Å². The maximum Gasteiger partial charge on any atom is 0.315 e. The molecule has 0 spiro atoms. The van der Waals surface area contributed by atoms with E-state index in [-0.39, 0.29) is 17.8 Å². The van der Waals surface area contributed by atoms with E-state index in [1.54, 1.807) is 24.3 Å². The maximum absolute atomic E-state index is 12.1. The van der Waals surface area contributed by atoms with Gasteiger partial charge >= 0.3 is 6.03 Å². The zero-order valence-electron chi connectivity index (χ0n) is 11.6. The molecule has 0 fully saturated rings. The molecule has 1 aromatic rings. The summed E-state index contributed by atoms with van der Waals surface area (Å²) in [5.74, 6) is -0.0692. The second-order valence-corrected chi connectivity index (χ2v) is 7.46. The van der Waals surface area contributed by atoms with Gasteiger partial charge in [-0.25, -0.2) is 13.2 Å². The zero-order chi connectivity index (χ0) is 14.9. The minimum absolute atomic E-state index is 0.0343. The summed E-state index contributed by atoms with van der Waals surface area (Å²) >= 11 is 0. The van der Waals surface area contributed by atoms with Crippen molar-refractivity contribution in [3.8, 4) is 0 Å². The number of urea groups is 1. The summed E-state index contributed by atoms with van der Waals surface area (Å²) in [6, 6.07) is 6.08. The molecule has 2 N–H and O–H groups in total. The lowest BCUT2D eigenvalue weighted by Crippen LogP contribution is -2.43. The third-order valence-corrected chi connectivity index (χ3v) is 5.71. The molecule has 1 aromatic carbocycles. The number of sulfone groups is 1. The fourth-order valence-electron chi connectivity index (χ4n) is 2.87. The third kappa shape index (κ3) is 2.95. The second-order valence-electron chi connectivity index (χ2n) is 5.46. The lowest BCUT2D eigenvalue weighted by atomic mass is 10.0. The van der Waals surface area contributed by atoms with Crippen molar-refractivity contribution in [1.82, 2.24) is 10.6 Å². The van der Waals surface area contributed by atoms with Gasteiger partial charge in [0.25, 0.3) is 0 Å². The van der Waals surface area contributed by atoms with Gasteiger partial charge in [-0.05, 0) is 30.9 Å². The molecule has 112 valence electrons. The van der Waals surface area contributed by atoms with E-state index >= 15 is 0 Å². The van der Waals surface area contributed by atoms with Crippen LogP contribution in [-0.4, -0.2) is 26.2 Å². The second kappa shape index (κ2) is 5.52. The van der Waals surface area contributed by atoms with Crippen molar-refractivity contribution < 1.29 is 13.2 Å². The first-order valence-corrected chi connectivity index (χ1v) is 8.77. The maximum atomic E-state index is 12.1. The van der Waals surface area contributed by atoms with Crippen molar-refractivity contribution >= 4 is 15.9 Å². The number of amides is 2. The fraction of sp³-hybridized carbons (Fsp3) is 0.400. The smallest absolute Gasteiger partial charge is 0.315 e. The first-order chi connectivity index (χ1) is 10.1. The third-order valence-electron chi connectivity index (χ3n) is 3.89. The van der Waals surface area contributed by atoms with Crippen LogP contribution in [0, 0.1) is 0 Å². The van der Waals surface area contributed by atoms with E-state index in [2.05, 4.69) is 16.7 Å². The van der Waals surface area contributed by atoms with E-state index < -0.39 is 15.9 Å². The molecule has 0 aromatic heterocycles. The first-order valence-electron chi connectivity index (χ1n) is 7.12. The Morgan fingerprint density at radius 2 is 2.00 bits per heavy atom. The number of benzene rings is 1. The largest absolute Gasteiger partial charge is 0.332 e. The standard InChI is InChI=1S/C15H18N2O3S/c18-15(16-11-6-2-1-3-7-11)17-13-10-21(19,20)14-9-5-4-8-12(13)14/h2,4-6,8-9,11,13H,1,3,7,10H2,(H2,16,17,18)/t11-,13-/m0/s1. The van der Waals surface area contributed by atoms with Crippen molar-refractivity contribution in [3.63, 3.8) is 0 Å². The summed E-state index contributed by atoms with van der Waals surface area (Å²) in [6.45, 7) is 0. The van der Waals surface area contributed by atoms with E-state index in [1.807, 2.05) is 6.08 Å². The van der Waals surface area contributed by atoms with E-state index in [0.717, 1.165) is 19.3 Å². The molecular formula is C15H18N2O3S. The summed E-state index contributed by atoms with van der Waals surface area (Å²) in [7, 11) is -3.29. The molecule has 0 saturated carbocycles. The summed E-state index contributed by atoms with van der Waals surface area (Å²) in [5, 5.41) is 5.65. The van der Waals surface area contributed by atoms with E-state index in [9.17, 15) is 13.2 Å². The van der Waals surface area contributed by atoms with E-state index in [0.29, 0.717) is 10.5 Å². The molecule has 21 heavy (non-hydrogen) atoms. The average Bonchev–Trinajstić information content (AvgIpc) is 2.72. The number of nitrogens with one attached hydrogen (secondary N) is 2. The molecule has 2 amide bonds. The van der Waals surface area contributed by atoms with Crippen LogP contribution in [0.3, 0.4) is 0 Å². The molecule has 1 heterocycles. The fourth-order valence-corrected chi connectivity index (χ4v) is 4.61. The summed E-state index contributed by atoms with van der Waals surface area (Å²) in [6.07, 6.45) is 7.08. The molecule has 0 radical (unpaired) electrons. The number of hydrogen-bond acceptors (Lipinski definition) is 3. The molecule has 0 unspecified atom stereocenters. The Bertz CT molecular complexity index is 682. The summed E-state index contributed by atoms with van der Waals surface area (Å²) in [4.78, 5) is 12.4. The number of allylic oxidation sites excluding steroid dienone is 1. The number of carbonyl (C=O) groups excluding carboxylic acids is 1. The molecule has 0 bridgehead atoms. The van der Waals surface area contributed by atoms with Crippen LogP contribution in [0.2, 0.25) is 0 Å². The highest BCUT2D eigenvalue weighted by Crippen LogP contribution is 2.32. The van der Waals surface area contributed by atoms with Crippen LogP contribution in [0.5, 0.6) is 0 Å². The number of carbonyl (C=O) groups is 1. The number of rotatable bonds is 2. The minimum Gasteiger partial charge on any atom is -0.332 e. The molecule has 6 heteroatoms. The molecule has 1 aliphatic heterocycles. The van der Waals surface area contributed by atoms with Crippen molar-refractivity contribution in [2.45, 2.75) is 36.2 Å². The van der Waals surface area contributed by atoms with Gasteiger partial charge in [0, 0.05) is 6.04 Å². The van der Waals surface area contributed by atoms with Gasteiger partial charge in [0.2, 0.25) is 0 Å². The molecule has 5 nitrogen and oxygen atoms in total. The highest BCUT2D eigenvalue weighted by Gasteiger charge is 2.35. The van der Waals surface area contributed by atoms with Gasteiger partial charge in [-0.3, -0.25) is 0 Å². The average molecular weight is 306 g/mol. The molecule has 3 rings (SSSR count). The number of hydrogen-bond donors (Lipinski definition) is 2. The Labute approximate surface area is 124 Å². The van der Waals surface area contributed by atoms with Gasteiger partial charge in [0.1, 0.15) is 0 Å². The first kappa shape index (κ1) is 14.1. The van der Waals surface area contributed by atoms with Gasteiger partial charge in [-0.15, -0.1) is 0 Å². The molecule has 2 atom stereocenters. The van der Waals surface area contributed by atoms with Gasteiger partial charge in [-0.1, -0.05) is 30.4 Å². The zero-order valence-corrected chi connectivity index (χ0v) is 12.4. The van der Waals surface area contributed by atoms with Crippen molar-refractivity contribution in [2.24, 2.45) is 0 Å². The van der Waals surface area contributed by atoms with Gasteiger partial charge in [0.05, 0.1) is 16.7 Å². The van der Waals surface area contributed by atoms with Crippen LogP contribution in [-0.2, 0) is 9.84 Å². The SMILES string of the molecule is O=C(N[C@H]1CS(=O)(=O)c2ccccc21)N[C@H]1C=CCCC1. The van der Waals surface area contributed by atoms with Crippen LogP contribution < -0.4 is 10.6 Å². The monoisotopic (exact) mass is 306 g/mol. The Morgan fingerprint density at radius 1 is 1.19 bits per heavy atom.